The van der Waals surface area contributed by atoms with Crippen LogP contribution < -0.4 is 11.5 Å². The lowest BCUT2D eigenvalue weighted by atomic mass is 9.74. The van der Waals surface area contributed by atoms with E-state index in [9.17, 15) is 9.59 Å². The molecule has 4 atom stereocenters. The largest absolute Gasteiger partial charge is 0.367 e. The van der Waals surface area contributed by atoms with Crippen molar-refractivity contribution in [1.82, 2.24) is 0 Å². The summed E-state index contributed by atoms with van der Waals surface area (Å²) in [6.45, 7) is 17.7. The number of unbranched alkanes of at least 4 members (excludes halogenated alkanes) is 4. The standard InChI is InChI=1S/C36H72N2O3/c1-9-17-21-29(13-5)25-35(33(37)39,26-30(14-6)22-18-10-2)41-36(34(38)40,27-31(15-7)23-19-11-3)28-32(16-8)24-20-12-4/h29-32H,9-28H2,1-8H3,(H2,37,39)(H2,38,40). The molecule has 0 aromatic rings. The van der Waals surface area contributed by atoms with Gasteiger partial charge in [-0.3, -0.25) is 9.59 Å². The Morgan fingerprint density at radius 2 is 0.707 bits per heavy atom. The van der Waals surface area contributed by atoms with Crippen molar-refractivity contribution in [3.05, 3.63) is 0 Å². The zero-order chi connectivity index (χ0) is 31.3. The highest BCUT2D eigenvalue weighted by Crippen LogP contribution is 2.43. The van der Waals surface area contributed by atoms with Gasteiger partial charge in [-0.15, -0.1) is 0 Å². The van der Waals surface area contributed by atoms with E-state index in [1.165, 1.54) is 0 Å². The van der Waals surface area contributed by atoms with Crippen LogP contribution in [-0.2, 0) is 14.3 Å². The molecule has 0 spiro atoms. The van der Waals surface area contributed by atoms with Gasteiger partial charge in [-0.2, -0.15) is 0 Å². The summed E-state index contributed by atoms with van der Waals surface area (Å²) in [5.74, 6) is 0.468. The van der Waals surface area contributed by atoms with Gasteiger partial charge >= 0.3 is 0 Å². The average Bonchev–Trinajstić information content (AvgIpc) is 2.96. The highest BCUT2D eigenvalue weighted by Gasteiger charge is 2.51. The van der Waals surface area contributed by atoms with Crippen LogP contribution in [-0.4, -0.2) is 23.0 Å². The molecule has 0 aromatic carbocycles. The lowest BCUT2D eigenvalue weighted by Gasteiger charge is -2.46. The fourth-order valence-corrected chi connectivity index (χ4v) is 6.85. The Hall–Kier alpha value is -1.10. The van der Waals surface area contributed by atoms with Crippen LogP contribution in [0.25, 0.3) is 0 Å². The van der Waals surface area contributed by atoms with Crippen LogP contribution >= 0.6 is 0 Å². The summed E-state index contributed by atoms with van der Waals surface area (Å²) >= 11 is 0. The molecule has 0 fully saturated rings. The molecular weight excluding hydrogens is 508 g/mol. The van der Waals surface area contributed by atoms with Gasteiger partial charge in [0, 0.05) is 0 Å². The van der Waals surface area contributed by atoms with Crippen LogP contribution in [0, 0.1) is 23.7 Å². The van der Waals surface area contributed by atoms with Crippen molar-refractivity contribution in [3.63, 3.8) is 0 Å². The molecule has 0 aliphatic rings. The zero-order valence-electron chi connectivity index (χ0n) is 28.8. The number of ether oxygens (including phenoxy) is 1. The van der Waals surface area contributed by atoms with E-state index < -0.39 is 23.0 Å². The Morgan fingerprint density at radius 3 is 0.854 bits per heavy atom. The molecular formula is C36H72N2O3. The highest BCUT2D eigenvalue weighted by atomic mass is 16.5. The maximum Gasteiger partial charge on any atom is 0.249 e. The monoisotopic (exact) mass is 581 g/mol. The Morgan fingerprint density at radius 1 is 0.488 bits per heavy atom. The molecule has 4 unspecified atom stereocenters. The minimum Gasteiger partial charge on any atom is -0.367 e. The third kappa shape index (κ3) is 14.3. The summed E-state index contributed by atoms with van der Waals surface area (Å²) < 4.78 is 7.25. The van der Waals surface area contributed by atoms with Crippen LogP contribution in [0.5, 0.6) is 0 Å². The Kier molecular flexibility index (Phi) is 21.8. The number of nitrogens with two attached hydrogens (primary N) is 2. The van der Waals surface area contributed by atoms with E-state index >= 15 is 0 Å². The van der Waals surface area contributed by atoms with E-state index in [4.69, 9.17) is 16.2 Å². The van der Waals surface area contributed by atoms with Gasteiger partial charge in [0.2, 0.25) is 11.8 Å². The third-order valence-corrected chi connectivity index (χ3v) is 9.94. The van der Waals surface area contributed by atoms with Crippen molar-refractivity contribution in [2.75, 3.05) is 0 Å². The topological polar surface area (TPSA) is 95.4 Å². The molecule has 5 nitrogen and oxygen atoms in total. The van der Waals surface area contributed by atoms with Crippen molar-refractivity contribution in [3.8, 4) is 0 Å². The summed E-state index contributed by atoms with van der Waals surface area (Å²) in [6.07, 6.45) is 19.3. The first-order valence-electron chi connectivity index (χ1n) is 17.9. The number of hydrogen-bond acceptors (Lipinski definition) is 3. The molecule has 0 saturated carbocycles. The Balaban J connectivity index is 7.01. The molecule has 2 amide bonds. The van der Waals surface area contributed by atoms with Gasteiger partial charge in [-0.05, 0) is 49.4 Å². The maximum absolute atomic E-state index is 13.8. The predicted molar refractivity (Wildman–Crippen MR) is 177 cm³/mol. The number of amides is 2. The van der Waals surface area contributed by atoms with Crippen molar-refractivity contribution in [2.45, 2.75) is 195 Å². The smallest absolute Gasteiger partial charge is 0.249 e. The van der Waals surface area contributed by atoms with Crippen LogP contribution in [0.15, 0.2) is 0 Å². The number of carbonyl (C=O) groups is 2. The fourth-order valence-electron chi connectivity index (χ4n) is 6.85. The van der Waals surface area contributed by atoms with E-state index in [2.05, 4.69) is 55.4 Å². The van der Waals surface area contributed by atoms with Gasteiger partial charge in [0.1, 0.15) is 11.2 Å². The van der Waals surface area contributed by atoms with Gasteiger partial charge in [0.15, 0.2) is 0 Å². The minimum atomic E-state index is -1.19. The number of rotatable bonds is 28. The van der Waals surface area contributed by atoms with Gasteiger partial charge < -0.3 is 16.2 Å². The molecule has 0 rings (SSSR count). The molecule has 0 aliphatic carbocycles. The molecule has 244 valence electrons. The molecule has 0 bridgehead atoms. The van der Waals surface area contributed by atoms with Crippen molar-refractivity contribution < 1.29 is 14.3 Å². The first-order chi connectivity index (χ1) is 19.6. The number of carbonyl (C=O) groups excluding carboxylic acids is 2. The molecule has 41 heavy (non-hydrogen) atoms. The second-order valence-corrected chi connectivity index (χ2v) is 13.3. The molecule has 0 radical (unpaired) electrons. The second kappa shape index (κ2) is 22.4. The lowest BCUT2D eigenvalue weighted by molar-refractivity contribution is -0.199. The van der Waals surface area contributed by atoms with E-state index in [-0.39, 0.29) is 0 Å². The highest BCUT2D eigenvalue weighted by molar-refractivity contribution is 5.87. The second-order valence-electron chi connectivity index (χ2n) is 13.3. The zero-order valence-corrected chi connectivity index (χ0v) is 28.8. The third-order valence-electron chi connectivity index (χ3n) is 9.94. The van der Waals surface area contributed by atoms with Crippen LogP contribution in [0.2, 0.25) is 0 Å². The van der Waals surface area contributed by atoms with E-state index in [0.29, 0.717) is 49.4 Å². The molecule has 0 aliphatic heterocycles. The molecule has 4 N–H and O–H groups in total. The molecule has 0 saturated heterocycles. The minimum absolute atomic E-state index is 0.320. The van der Waals surface area contributed by atoms with Crippen LogP contribution in [0.3, 0.4) is 0 Å². The van der Waals surface area contributed by atoms with Crippen molar-refractivity contribution in [1.29, 1.82) is 0 Å². The van der Waals surface area contributed by atoms with Crippen molar-refractivity contribution in [2.24, 2.45) is 35.1 Å². The molecule has 0 heterocycles. The van der Waals surface area contributed by atoms with Crippen LogP contribution in [0.1, 0.15) is 184 Å². The van der Waals surface area contributed by atoms with Gasteiger partial charge in [0.25, 0.3) is 0 Å². The number of hydrogen-bond donors (Lipinski definition) is 2. The number of primary amides is 2. The molecule has 0 aromatic heterocycles. The summed E-state index contributed by atoms with van der Waals surface area (Å²) in [5.41, 5.74) is 10.4. The van der Waals surface area contributed by atoms with Crippen molar-refractivity contribution >= 4 is 11.8 Å². The summed E-state index contributed by atoms with van der Waals surface area (Å²) in [7, 11) is 0. The summed E-state index contributed by atoms with van der Waals surface area (Å²) in [4.78, 5) is 27.5. The molecule has 5 heteroatoms. The Bertz CT molecular complexity index is 588. The fraction of sp³-hybridized carbons (Fsp3) is 0.944. The summed E-state index contributed by atoms with van der Waals surface area (Å²) in [5, 5.41) is 0. The van der Waals surface area contributed by atoms with Gasteiger partial charge in [0.05, 0.1) is 0 Å². The van der Waals surface area contributed by atoms with Crippen LogP contribution in [0.4, 0.5) is 0 Å². The Labute approximate surface area is 256 Å². The van der Waals surface area contributed by atoms with E-state index in [0.717, 1.165) is 103 Å². The average molecular weight is 581 g/mol. The SMILES string of the molecule is CCCCC(CC)CC(CC(CC)CCCC)(OC(CC(CC)CCCC)(CC(CC)CCCC)C(N)=O)C(N)=O. The van der Waals surface area contributed by atoms with Gasteiger partial charge in [-0.25, -0.2) is 0 Å². The first-order valence-corrected chi connectivity index (χ1v) is 17.9. The lowest BCUT2D eigenvalue weighted by Crippen LogP contribution is -2.59. The first kappa shape index (κ1) is 39.9. The van der Waals surface area contributed by atoms with Gasteiger partial charge in [-0.1, -0.05) is 158 Å². The quantitative estimate of drug-likeness (QED) is 0.0963. The normalized spacial score (nSPS) is 17.8. The van der Waals surface area contributed by atoms with E-state index in [1.54, 1.807) is 0 Å². The predicted octanol–water partition coefficient (Wildman–Crippen LogP) is 9.88. The van der Waals surface area contributed by atoms with E-state index in [1.807, 2.05) is 0 Å². The summed E-state index contributed by atoms with van der Waals surface area (Å²) in [6, 6.07) is 0. The maximum atomic E-state index is 13.8.